The molecule has 0 fully saturated rings. The number of benzene rings is 1. The van der Waals surface area contributed by atoms with Gasteiger partial charge in [-0.15, -0.1) is 0 Å². The Labute approximate surface area is 114 Å². The average molecular weight is 266 g/mol. The average Bonchev–Trinajstić information content (AvgIpc) is 2.42. The number of urea groups is 1. The van der Waals surface area contributed by atoms with E-state index in [4.69, 9.17) is 0 Å². The first kappa shape index (κ1) is 15.5. The van der Waals surface area contributed by atoms with Crippen LogP contribution in [-0.2, 0) is 6.42 Å². The minimum absolute atomic E-state index is 0.00628. The Kier molecular flexibility index (Phi) is 6.93. The fourth-order valence-corrected chi connectivity index (χ4v) is 1.92. The van der Waals surface area contributed by atoms with Crippen molar-refractivity contribution in [3.63, 3.8) is 0 Å². The van der Waals surface area contributed by atoms with Crippen molar-refractivity contribution in [3.8, 4) is 0 Å². The second kappa shape index (κ2) is 8.51. The number of hydrogen-bond acceptors (Lipinski definition) is 1. The summed E-state index contributed by atoms with van der Waals surface area (Å²) in [7, 11) is 0. The zero-order valence-electron chi connectivity index (χ0n) is 11.8. The molecule has 1 N–H and O–H groups in total. The summed E-state index contributed by atoms with van der Waals surface area (Å²) in [6, 6.07) is 6.59. The van der Waals surface area contributed by atoms with Gasteiger partial charge in [0.2, 0.25) is 0 Å². The smallest absolute Gasteiger partial charge is 0.317 e. The number of carbonyl (C=O) groups excluding carboxylic acids is 1. The van der Waals surface area contributed by atoms with Crippen molar-refractivity contribution in [3.05, 3.63) is 35.6 Å². The van der Waals surface area contributed by atoms with Gasteiger partial charge in [0.1, 0.15) is 5.82 Å². The van der Waals surface area contributed by atoms with Crippen molar-refractivity contribution in [1.29, 1.82) is 0 Å². The highest BCUT2D eigenvalue weighted by atomic mass is 19.1. The molecule has 0 saturated heterocycles. The lowest BCUT2D eigenvalue weighted by molar-refractivity contribution is 0.203. The van der Waals surface area contributed by atoms with Crippen LogP contribution in [0.3, 0.4) is 0 Å². The van der Waals surface area contributed by atoms with Crippen LogP contribution >= 0.6 is 0 Å². The van der Waals surface area contributed by atoms with E-state index in [1.807, 2.05) is 26.0 Å². The van der Waals surface area contributed by atoms with Gasteiger partial charge in [-0.05, 0) is 50.8 Å². The third-order valence-corrected chi connectivity index (χ3v) is 3.13. The molecule has 1 aromatic rings. The second-order valence-corrected chi connectivity index (χ2v) is 4.49. The first-order valence-electron chi connectivity index (χ1n) is 6.94. The van der Waals surface area contributed by atoms with E-state index in [2.05, 4.69) is 5.32 Å². The van der Waals surface area contributed by atoms with Crippen LogP contribution in [0.1, 0.15) is 32.3 Å². The molecule has 0 radical (unpaired) electrons. The molecular formula is C15H23FN2O. The van der Waals surface area contributed by atoms with Gasteiger partial charge in [-0.25, -0.2) is 9.18 Å². The molecule has 1 rings (SSSR count). The van der Waals surface area contributed by atoms with E-state index in [1.165, 1.54) is 12.1 Å². The number of aryl methyl sites for hydroxylation is 1. The van der Waals surface area contributed by atoms with Crippen molar-refractivity contribution in [1.82, 2.24) is 10.2 Å². The first-order valence-corrected chi connectivity index (χ1v) is 6.94. The molecule has 0 aromatic heterocycles. The third kappa shape index (κ3) is 5.73. The quantitative estimate of drug-likeness (QED) is 0.755. The second-order valence-electron chi connectivity index (χ2n) is 4.49. The zero-order valence-corrected chi connectivity index (χ0v) is 11.8. The van der Waals surface area contributed by atoms with Gasteiger partial charge >= 0.3 is 6.03 Å². The van der Waals surface area contributed by atoms with Crippen LogP contribution < -0.4 is 5.32 Å². The van der Waals surface area contributed by atoms with E-state index in [0.717, 1.165) is 37.9 Å². The molecule has 0 aliphatic carbocycles. The minimum Gasteiger partial charge on any atom is -0.338 e. The largest absolute Gasteiger partial charge is 0.338 e. The maximum absolute atomic E-state index is 12.7. The molecule has 0 aliphatic rings. The fraction of sp³-hybridized carbons (Fsp3) is 0.533. The van der Waals surface area contributed by atoms with Gasteiger partial charge in [0.15, 0.2) is 0 Å². The molecule has 2 amide bonds. The molecule has 0 unspecified atom stereocenters. The van der Waals surface area contributed by atoms with Gasteiger partial charge in [-0.3, -0.25) is 0 Å². The van der Waals surface area contributed by atoms with Gasteiger partial charge in [0.05, 0.1) is 0 Å². The van der Waals surface area contributed by atoms with E-state index < -0.39 is 0 Å². The van der Waals surface area contributed by atoms with E-state index in [9.17, 15) is 9.18 Å². The molecule has 0 bridgehead atoms. The van der Waals surface area contributed by atoms with Crippen LogP contribution in [0.25, 0.3) is 0 Å². The summed E-state index contributed by atoms with van der Waals surface area (Å²) in [5.41, 5.74) is 1.14. The van der Waals surface area contributed by atoms with Crippen molar-refractivity contribution in [2.24, 2.45) is 0 Å². The topological polar surface area (TPSA) is 32.3 Å². The van der Waals surface area contributed by atoms with Crippen molar-refractivity contribution < 1.29 is 9.18 Å². The molecule has 106 valence electrons. The molecule has 1 aromatic carbocycles. The van der Waals surface area contributed by atoms with Gasteiger partial charge in [-0.2, -0.15) is 0 Å². The number of halogens is 1. The van der Waals surface area contributed by atoms with Crippen molar-refractivity contribution in [2.75, 3.05) is 19.6 Å². The molecule has 0 atom stereocenters. The number of unbranched alkanes of at least 4 members (excludes halogenated alkanes) is 1. The third-order valence-electron chi connectivity index (χ3n) is 3.13. The van der Waals surface area contributed by atoms with E-state index >= 15 is 0 Å². The Hall–Kier alpha value is -1.58. The van der Waals surface area contributed by atoms with Crippen LogP contribution in [0.5, 0.6) is 0 Å². The standard InChI is InChI=1S/C15H23FN2O/c1-3-18(4-2)15(19)17-12-6-5-7-13-8-10-14(16)11-9-13/h8-11H,3-7,12H2,1-2H3,(H,17,19). The fourth-order valence-electron chi connectivity index (χ4n) is 1.92. The van der Waals surface area contributed by atoms with Gasteiger partial charge in [0, 0.05) is 19.6 Å². The number of hydrogen-bond donors (Lipinski definition) is 1. The molecule has 4 heteroatoms. The van der Waals surface area contributed by atoms with Gasteiger partial charge < -0.3 is 10.2 Å². The van der Waals surface area contributed by atoms with Crippen molar-refractivity contribution in [2.45, 2.75) is 33.1 Å². The molecule has 3 nitrogen and oxygen atoms in total. The Morgan fingerprint density at radius 3 is 2.37 bits per heavy atom. The maximum Gasteiger partial charge on any atom is 0.317 e. The molecule has 0 saturated carbocycles. The van der Waals surface area contributed by atoms with E-state index in [-0.39, 0.29) is 11.8 Å². The van der Waals surface area contributed by atoms with E-state index in [0.29, 0.717) is 6.54 Å². The molecule has 0 aliphatic heterocycles. The van der Waals surface area contributed by atoms with Crippen LogP contribution in [0.15, 0.2) is 24.3 Å². The van der Waals surface area contributed by atoms with Crippen LogP contribution in [0, 0.1) is 5.82 Å². The lowest BCUT2D eigenvalue weighted by Gasteiger charge is -2.19. The zero-order chi connectivity index (χ0) is 14.1. The summed E-state index contributed by atoms with van der Waals surface area (Å²) in [6.07, 6.45) is 2.84. The van der Waals surface area contributed by atoms with Crippen LogP contribution in [0.4, 0.5) is 9.18 Å². The summed E-state index contributed by atoms with van der Waals surface area (Å²) in [6.45, 7) is 6.10. The summed E-state index contributed by atoms with van der Waals surface area (Å²) >= 11 is 0. The van der Waals surface area contributed by atoms with Gasteiger partial charge in [0.25, 0.3) is 0 Å². The number of nitrogens with zero attached hydrogens (tertiary/aromatic N) is 1. The first-order chi connectivity index (χ1) is 9.17. The highest BCUT2D eigenvalue weighted by molar-refractivity contribution is 5.73. The summed E-state index contributed by atoms with van der Waals surface area (Å²) in [5.74, 6) is -0.199. The number of carbonyl (C=O) groups is 1. The molecule has 0 spiro atoms. The minimum atomic E-state index is -0.199. The Morgan fingerprint density at radius 2 is 1.79 bits per heavy atom. The normalized spacial score (nSPS) is 10.3. The maximum atomic E-state index is 12.7. The molecular weight excluding hydrogens is 243 g/mol. The number of amides is 2. The van der Waals surface area contributed by atoms with Gasteiger partial charge in [-0.1, -0.05) is 12.1 Å². The molecule has 0 heterocycles. The highest BCUT2D eigenvalue weighted by Gasteiger charge is 2.07. The lowest BCUT2D eigenvalue weighted by atomic mass is 10.1. The lowest BCUT2D eigenvalue weighted by Crippen LogP contribution is -2.40. The van der Waals surface area contributed by atoms with Crippen molar-refractivity contribution >= 4 is 6.03 Å². The number of rotatable bonds is 7. The monoisotopic (exact) mass is 266 g/mol. The summed E-state index contributed by atoms with van der Waals surface area (Å²) in [5, 5.41) is 2.91. The SMILES string of the molecule is CCN(CC)C(=O)NCCCCc1ccc(F)cc1. The summed E-state index contributed by atoms with van der Waals surface area (Å²) < 4.78 is 12.7. The summed E-state index contributed by atoms with van der Waals surface area (Å²) in [4.78, 5) is 13.4. The highest BCUT2D eigenvalue weighted by Crippen LogP contribution is 2.06. The predicted molar refractivity (Wildman–Crippen MR) is 75.7 cm³/mol. The Morgan fingerprint density at radius 1 is 1.16 bits per heavy atom. The molecule has 19 heavy (non-hydrogen) atoms. The van der Waals surface area contributed by atoms with E-state index in [1.54, 1.807) is 4.90 Å². The van der Waals surface area contributed by atoms with Crippen LogP contribution in [-0.4, -0.2) is 30.6 Å². The Balaban J connectivity index is 2.14. The van der Waals surface area contributed by atoms with Crippen LogP contribution in [0.2, 0.25) is 0 Å². The predicted octanol–water partition coefficient (Wildman–Crippen LogP) is 3.20. The Bertz CT molecular complexity index is 374. The number of nitrogens with one attached hydrogen (secondary N) is 1.